The Labute approximate surface area is 113 Å². The molecule has 3 unspecified atom stereocenters. The Morgan fingerprint density at radius 3 is 2.83 bits per heavy atom. The number of nitrogens with zero attached hydrogens (tertiary/aromatic N) is 3. The number of likely N-dealkylation sites (N-methyl/N-ethyl adjacent to an activating group) is 1. The zero-order chi connectivity index (χ0) is 13.3. The van der Waals surface area contributed by atoms with E-state index in [9.17, 15) is 0 Å². The van der Waals surface area contributed by atoms with Crippen molar-refractivity contribution >= 4 is 11.6 Å². The van der Waals surface area contributed by atoms with Gasteiger partial charge in [-0.15, -0.1) is 0 Å². The zero-order valence-corrected chi connectivity index (χ0v) is 12.0. The van der Waals surface area contributed by atoms with Crippen LogP contribution >= 0.6 is 11.6 Å². The Hall–Kier alpha value is -0.620. The number of aromatic nitrogens is 2. The van der Waals surface area contributed by atoms with E-state index in [1.807, 2.05) is 18.8 Å². The van der Waals surface area contributed by atoms with Crippen molar-refractivity contribution in [3.63, 3.8) is 0 Å². The molecule has 1 aliphatic rings. The van der Waals surface area contributed by atoms with Crippen LogP contribution in [-0.2, 0) is 6.54 Å². The summed E-state index contributed by atoms with van der Waals surface area (Å²) in [5.74, 6) is 6.98. The minimum atomic E-state index is 0.108. The standard InChI is InChI=1S/C12H22ClN5/c1-8-6-9(8)11(16-14)12-10(13)7-15-18(12)5-4-17(2)3/h7-9,11,16H,4-6,14H2,1-3H3. The number of nitrogens with two attached hydrogens (primary N) is 1. The third-order valence-electron chi connectivity index (χ3n) is 3.67. The highest BCUT2D eigenvalue weighted by Crippen LogP contribution is 2.47. The average Bonchev–Trinajstić information content (AvgIpc) is 2.91. The number of halogens is 1. The van der Waals surface area contributed by atoms with E-state index in [1.54, 1.807) is 6.20 Å². The molecule has 0 bridgehead atoms. The maximum Gasteiger partial charge on any atom is 0.0834 e. The number of hydrogen-bond acceptors (Lipinski definition) is 4. The van der Waals surface area contributed by atoms with Crippen LogP contribution in [0.3, 0.4) is 0 Å². The molecule has 0 aromatic carbocycles. The lowest BCUT2D eigenvalue weighted by Gasteiger charge is -2.19. The second kappa shape index (κ2) is 5.57. The van der Waals surface area contributed by atoms with Crippen molar-refractivity contribution in [3.8, 4) is 0 Å². The van der Waals surface area contributed by atoms with Crippen LogP contribution in [0.1, 0.15) is 25.1 Å². The molecular formula is C12H22ClN5. The van der Waals surface area contributed by atoms with Crippen molar-refractivity contribution in [2.24, 2.45) is 17.7 Å². The Balaban J connectivity index is 2.16. The molecule has 0 spiro atoms. The summed E-state index contributed by atoms with van der Waals surface area (Å²) in [6, 6.07) is 0.108. The molecule has 0 radical (unpaired) electrons. The molecule has 1 aliphatic carbocycles. The van der Waals surface area contributed by atoms with Crippen molar-refractivity contribution in [3.05, 3.63) is 16.9 Å². The first-order valence-electron chi connectivity index (χ1n) is 6.36. The van der Waals surface area contributed by atoms with Crippen molar-refractivity contribution in [1.29, 1.82) is 0 Å². The Bertz CT molecular complexity index is 403. The molecular weight excluding hydrogens is 250 g/mol. The highest BCUT2D eigenvalue weighted by atomic mass is 35.5. The van der Waals surface area contributed by atoms with E-state index in [0.717, 1.165) is 18.8 Å². The summed E-state index contributed by atoms with van der Waals surface area (Å²) >= 11 is 6.26. The summed E-state index contributed by atoms with van der Waals surface area (Å²) in [6.45, 7) is 4.00. The number of hydrazine groups is 1. The van der Waals surface area contributed by atoms with E-state index in [4.69, 9.17) is 17.4 Å². The number of rotatable bonds is 6. The van der Waals surface area contributed by atoms with Gasteiger partial charge in [0, 0.05) is 6.54 Å². The minimum Gasteiger partial charge on any atom is -0.308 e. The van der Waals surface area contributed by atoms with E-state index in [-0.39, 0.29) is 6.04 Å². The molecule has 1 heterocycles. The summed E-state index contributed by atoms with van der Waals surface area (Å²) in [5.41, 5.74) is 3.93. The minimum absolute atomic E-state index is 0.108. The molecule has 1 fully saturated rings. The second-order valence-electron chi connectivity index (χ2n) is 5.43. The van der Waals surface area contributed by atoms with Gasteiger partial charge in [-0.2, -0.15) is 5.10 Å². The lowest BCUT2D eigenvalue weighted by molar-refractivity contribution is 0.356. The van der Waals surface area contributed by atoms with Crippen LogP contribution in [0.2, 0.25) is 5.02 Å². The van der Waals surface area contributed by atoms with Gasteiger partial charge in [0.25, 0.3) is 0 Å². The Morgan fingerprint density at radius 2 is 2.33 bits per heavy atom. The monoisotopic (exact) mass is 271 g/mol. The molecule has 102 valence electrons. The highest BCUT2D eigenvalue weighted by Gasteiger charge is 2.42. The first-order chi connectivity index (χ1) is 8.54. The molecule has 3 N–H and O–H groups in total. The predicted molar refractivity (Wildman–Crippen MR) is 73.1 cm³/mol. The molecule has 0 saturated heterocycles. The van der Waals surface area contributed by atoms with Gasteiger partial charge in [0.15, 0.2) is 0 Å². The molecule has 1 aromatic rings. The van der Waals surface area contributed by atoms with E-state index >= 15 is 0 Å². The summed E-state index contributed by atoms with van der Waals surface area (Å²) in [4.78, 5) is 2.13. The van der Waals surface area contributed by atoms with Gasteiger partial charge in [-0.3, -0.25) is 16.0 Å². The Kier molecular flexibility index (Phi) is 4.27. The van der Waals surface area contributed by atoms with Gasteiger partial charge in [-0.05, 0) is 32.4 Å². The number of hydrogen-bond donors (Lipinski definition) is 2. The molecule has 5 nitrogen and oxygen atoms in total. The smallest absolute Gasteiger partial charge is 0.0834 e. The van der Waals surface area contributed by atoms with Crippen LogP contribution in [-0.4, -0.2) is 35.3 Å². The molecule has 0 aliphatic heterocycles. The van der Waals surface area contributed by atoms with E-state index < -0.39 is 0 Å². The third-order valence-corrected chi connectivity index (χ3v) is 3.96. The normalized spacial score (nSPS) is 24.6. The van der Waals surface area contributed by atoms with Gasteiger partial charge in [-0.1, -0.05) is 18.5 Å². The zero-order valence-electron chi connectivity index (χ0n) is 11.2. The van der Waals surface area contributed by atoms with Crippen molar-refractivity contribution < 1.29 is 0 Å². The Morgan fingerprint density at radius 1 is 1.67 bits per heavy atom. The SMILES string of the molecule is CC1CC1C(NN)c1c(Cl)cnn1CCN(C)C. The molecule has 18 heavy (non-hydrogen) atoms. The van der Waals surface area contributed by atoms with Gasteiger partial charge >= 0.3 is 0 Å². The van der Waals surface area contributed by atoms with Gasteiger partial charge in [-0.25, -0.2) is 0 Å². The first-order valence-corrected chi connectivity index (χ1v) is 6.74. The third kappa shape index (κ3) is 2.85. The highest BCUT2D eigenvalue weighted by molar-refractivity contribution is 6.31. The van der Waals surface area contributed by atoms with Crippen LogP contribution in [0.4, 0.5) is 0 Å². The maximum absolute atomic E-state index is 6.26. The van der Waals surface area contributed by atoms with E-state index in [0.29, 0.717) is 16.9 Å². The van der Waals surface area contributed by atoms with Crippen molar-refractivity contribution in [2.45, 2.75) is 25.9 Å². The summed E-state index contributed by atoms with van der Waals surface area (Å²) in [6.07, 6.45) is 2.91. The van der Waals surface area contributed by atoms with Crippen LogP contribution in [0.15, 0.2) is 6.20 Å². The predicted octanol–water partition coefficient (Wildman–Crippen LogP) is 1.26. The molecule has 0 amide bonds. The fraction of sp³-hybridized carbons (Fsp3) is 0.750. The van der Waals surface area contributed by atoms with Crippen LogP contribution in [0, 0.1) is 11.8 Å². The topological polar surface area (TPSA) is 59.1 Å². The van der Waals surface area contributed by atoms with Crippen LogP contribution < -0.4 is 11.3 Å². The van der Waals surface area contributed by atoms with Crippen LogP contribution in [0.5, 0.6) is 0 Å². The summed E-state index contributed by atoms with van der Waals surface area (Å²) in [7, 11) is 4.10. The second-order valence-corrected chi connectivity index (χ2v) is 5.83. The maximum atomic E-state index is 6.26. The lowest BCUT2D eigenvalue weighted by Crippen LogP contribution is -2.32. The summed E-state index contributed by atoms with van der Waals surface area (Å²) < 4.78 is 1.97. The first kappa shape index (κ1) is 13.8. The fourth-order valence-electron chi connectivity index (χ4n) is 2.37. The summed E-state index contributed by atoms with van der Waals surface area (Å²) in [5, 5.41) is 5.06. The molecule has 1 aromatic heterocycles. The molecule has 1 saturated carbocycles. The average molecular weight is 272 g/mol. The van der Waals surface area contributed by atoms with Gasteiger partial charge < -0.3 is 4.90 Å². The number of nitrogens with one attached hydrogen (secondary N) is 1. The molecule has 2 rings (SSSR count). The van der Waals surface area contributed by atoms with Gasteiger partial charge in [0.05, 0.1) is 29.5 Å². The largest absolute Gasteiger partial charge is 0.308 e. The van der Waals surface area contributed by atoms with E-state index in [2.05, 4.69) is 22.3 Å². The van der Waals surface area contributed by atoms with Crippen molar-refractivity contribution in [1.82, 2.24) is 20.1 Å². The molecule has 3 atom stereocenters. The quantitative estimate of drug-likeness (QED) is 0.604. The molecule has 6 heteroatoms. The van der Waals surface area contributed by atoms with Crippen molar-refractivity contribution in [2.75, 3.05) is 20.6 Å². The van der Waals surface area contributed by atoms with Gasteiger partial charge in [0.2, 0.25) is 0 Å². The van der Waals surface area contributed by atoms with E-state index in [1.165, 1.54) is 6.42 Å². The fourth-order valence-corrected chi connectivity index (χ4v) is 2.63. The lowest BCUT2D eigenvalue weighted by atomic mass is 10.1. The van der Waals surface area contributed by atoms with Gasteiger partial charge in [0.1, 0.15) is 0 Å². The van der Waals surface area contributed by atoms with Crippen LogP contribution in [0.25, 0.3) is 0 Å².